The average molecular weight is 289 g/mol. The molecule has 5 heteroatoms. The fourth-order valence-corrected chi connectivity index (χ4v) is 1.98. The van der Waals surface area contributed by atoms with E-state index < -0.39 is 11.6 Å². The third-order valence-electron chi connectivity index (χ3n) is 2.07. The molecule has 0 unspecified atom stereocenters. The van der Waals surface area contributed by atoms with E-state index in [4.69, 9.17) is 9.52 Å². The SMILES string of the molecule is OCc1ccc(-c2c(F)cc(F)cc2Br)o1. The van der Waals surface area contributed by atoms with Gasteiger partial charge in [-0.1, -0.05) is 0 Å². The molecular weight excluding hydrogens is 282 g/mol. The molecule has 2 aromatic rings. The molecule has 0 radical (unpaired) electrons. The lowest BCUT2D eigenvalue weighted by atomic mass is 10.1. The number of benzene rings is 1. The molecule has 2 rings (SSSR count). The molecule has 0 spiro atoms. The van der Waals surface area contributed by atoms with E-state index in [0.717, 1.165) is 12.1 Å². The van der Waals surface area contributed by atoms with E-state index in [1.165, 1.54) is 12.1 Å². The van der Waals surface area contributed by atoms with Gasteiger partial charge in [0.15, 0.2) is 0 Å². The first-order chi connectivity index (χ1) is 7.61. The first-order valence-electron chi connectivity index (χ1n) is 4.46. The number of hydrogen-bond donors (Lipinski definition) is 1. The van der Waals surface area contributed by atoms with Crippen molar-refractivity contribution in [2.24, 2.45) is 0 Å². The summed E-state index contributed by atoms with van der Waals surface area (Å²) in [6, 6.07) is 4.98. The van der Waals surface area contributed by atoms with Crippen LogP contribution in [0.2, 0.25) is 0 Å². The van der Waals surface area contributed by atoms with Crippen LogP contribution in [0.25, 0.3) is 11.3 Å². The van der Waals surface area contributed by atoms with E-state index in [1.54, 1.807) is 0 Å². The summed E-state index contributed by atoms with van der Waals surface area (Å²) in [5.74, 6) is -0.813. The van der Waals surface area contributed by atoms with Crippen molar-refractivity contribution < 1.29 is 18.3 Å². The molecule has 1 heterocycles. The van der Waals surface area contributed by atoms with Gasteiger partial charge in [-0.15, -0.1) is 0 Å². The highest BCUT2D eigenvalue weighted by Crippen LogP contribution is 2.32. The second-order valence-electron chi connectivity index (χ2n) is 3.17. The third kappa shape index (κ3) is 2.01. The van der Waals surface area contributed by atoms with E-state index in [0.29, 0.717) is 5.76 Å². The predicted octanol–water partition coefficient (Wildman–Crippen LogP) is 3.48. The summed E-state index contributed by atoms with van der Waals surface area (Å²) in [5.41, 5.74) is 0.140. The molecule has 1 N–H and O–H groups in total. The number of furan rings is 1. The Kier molecular flexibility index (Phi) is 3.07. The maximum atomic E-state index is 13.5. The lowest BCUT2D eigenvalue weighted by Gasteiger charge is -2.03. The Bertz CT molecular complexity index is 499. The van der Waals surface area contributed by atoms with Crippen molar-refractivity contribution >= 4 is 15.9 Å². The molecule has 1 aromatic carbocycles. The number of aliphatic hydroxyl groups is 1. The number of hydrogen-bond acceptors (Lipinski definition) is 2. The van der Waals surface area contributed by atoms with Gasteiger partial charge < -0.3 is 9.52 Å². The Morgan fingerprint density at radius 3 is 2.56 bits per heavy atom. The van der Waals surface area contributed by atoms with Crippen LogP contribution in [0.5, 0.6) is 0 Å². The normalized spacial score (nSPS) is 10.8. The summed E-state index contributed by atoms with van der Waals surface area (Å²) in [6.07, 6.45) is 0. The van der Waals surface area contributed by atoms with E-state index in [1.807, 2.05) is 0 Å². The van der Waals surface area contributed by atoms with Crippen LogP contribution in [0.3, 0.4) is 0 Å². The molecule has 84 valence electrons. The maximum absolute atomic E-state index is 13.5. The molecule has 0 saturated heterocycles. The van der Waals surface area contributed by atoms with Gasteiger partial charge in [-0.05, 0) is 34.1 Å². The van der Waals surface area contributed by atoms with Gasteiger partial charge in [0.05, 0.1) is 5.56 Å². The van der Waals surface area contributed by atoms with Crippen LogP contribution in [0.1, 0.15) is 5.76 Å². The first-order valence-corrected chi connectivity index (χ1v) is 5.25. The topological polar surface area (TPSA) is 33.4 Å². The zero-order valence-electron chi connectivity index (χ0n) is 8.01. The summed E-state index contributed by atoms with van der Waals surface area (Å²) in [5, 5.41) is 8.82. The largest absolute Gasteiger partial charge is 0.458 e. The Morgan fingerprint density at radius 1 is 1.25 bits per heavy atom. The summed E-state index contributed by atoms with van der Waals surface area (Å²) >= 11 is 3.06. The third-order valence-corrected chi connectivity index (χ3v) is 2.70. The minimum Gasteiger partial charge on any atom is -0.458 e. The van der Waals surface area contributed by atoms with Gasteiger partial charge in [0.25, 0.3) is 0 Å². The first kappa shape index (κ1) is 11.3. The fraction of sp³-hybridized carbons (Fsp3) is 0.0909. The van der Waals surface area contributed by atoms with Gasteiger partial charge >= 0.3 is 0 Å². The Morgan fingerprint density at radius 2 is 2.00 bits per heavy atom. The van der Waals surface area contributed by atoms with Crippen LogP contribution < -0.4 is 0 Å². The average Bonchev–Trinajstić information content (AvgIpc) is 2.64. The van der Waals surface area contributed by atoms with E-state index in [2.05, 4.69) is 15.9 Å². The predicted molar refractivity (Wildman–Crippen MR) is 57.7 cm³/mol. The van der Waals surface area contributed by atoms with Gasteiger partial charge in [-0.3, -0.25) is 0 Å². The van der Waals surface area contributed by atoms with Crippen molar-refractivity contribution in [3.8, 4) is 11.3 Å². The van der Waals surface area contributed by atoms with Crippen LogP contribution in [-0.2, 0) is 6.61 Å². The zero-order chi connectivity index (χ0) is 11.7. The minimum atomic E-state index is -0.717. The van der Waals surface area contributed by atoms with E-state index >= 15 is 0 Å². The standard InChI is InChI=1S/C11H7BrF2O2/c12-8-3-6(13)4-9(14)11(8)10-2-1-7(5-15)16-10/h1-4,15H,5H2. The second-order valence-corrected chi connectivity index (χ2v) is 4.02. The minimum absolute atomic E-state index is 0.140. The second kappa shape index (κ2) is 4.35. The maximum Gasteiger partial charge on any atom is 0.138 e. The number of halogens is 3. The van der Waals surface area contributed by atoms with Gasteiger partial charge in [0.2, 0.25) is 0 Å². The lowest BCUT2D eigenvalue weighted by molar-refractivity contribution is 0.248. The smallest absolute Gasteiger partial charge is 0.138 e. The molecule has 16 heavy (non-hydrogen) atoms. The summed E-state index contributed by atoms with van der Waals surface area (Å²) < 4.78 is 31.8. The van der Waals surface area contributed by atoms with Crippen LogP contribution in [0, 0.1) is 11.6 Å². The highest BCUT2D eigenvalue weighted by Gasteiger charge is 2.15. The zero-order valence-corrected chi connectivity index (χ0v) is 9.59. The molecule has 0 bridgehead atoms. The van der Waals surface area contributed by atoms with Crippen molar-refractivity contribution in [1.29, 1.82) is 0 Å². The number of aliphatic hydroxyl groups excluding tert-OH is 1. The van der Waals surface area contributed by atoms with Crippen LogP contribution in [0.4, 0.5) is 8.78 Å². The van der Waals surface area contributed by atoms with Crippen molar-refractivity contribution in [2.75, 3.05) is 0 Å². The fourth-order valence-electron chi connectivity index (χ4n) is 1.37. The highest BCUT2D eigenvalue weighted by atomic mass is 79.9. The van der Waals surface area contributed by atoms with Crippen molar-refractivity contribution in [2.45, 2.75) is 6.61 Å². The quantitative estimate of drug-likeness (QED) is 0.918. The molecule has 0 aliphatic carbocycles. The molecule has 2 nitrogen and oxygen atoms in total. The van der Waals surface area contributed by atoms with Gasteiger partial charge in [-0.2, -0.15) is 0 Å². The van der Waals surface area contributed by atoms with Crippen molar-refractivity contribution in [1.82, 2.24) is 0 Å². The molecule has 0 aliphatic rings. The van der Waals surface area contributed by atoms with Gasteiger partial charge in [0, 0.05) is 10.5 Å². The Labute approximate surface area is 98.6 Å². The lowest BCUT2D eigenvalue weighted by Crippen LogP contribution is -1.87. The monoisotopic (exact) mass is 288 g/mol. The molecular formula is C11H7BrF2O2. The summed E-state index contributed by atoms with van der Waals surface area (Å²) in [6.45, 7) is -0.263. The van der Waals surface area contributed by atoms with E-state index in [9.17, 15) is 8.78 Å². The van der Waals surface area contributed by atoms with Gasteiger partial charge in [0.1, 0.15) is 29.8 Å². The van der Waals surface area contributed by atoms with Crippen LogP contribution in [0.15, 0.2) is 33.2 Å². The highest BCUT2D eigenvalue weighted by molar-refractivity contribution is 9.10. The van der Waals surface area contributed by atoms with Crippen LogP contribution in [-0.4, -0.2) is 5.11 Å². The summed E-state index contributed by atoms with van der Waals surface area (Å²) in [4.78, 5) is 0. The van der Waals surface area contributed by atoms with E-state index in [-0.39, 0.29) is 22.4 Å². The molecule has 0 fully saturated rings. The molecule has 0 saturated carbocycles. The molecule has 0 aliphatic heterocycles. The Balaban J connectivity index is 2.55. The van der Waals surface area contributed by atoms with Crippen molar-refractivity contribution in [3.05, 3.63) is 46.1 Å². The molecule has 1 aromatic heterocycles. The molecule has 0 atom stereocenters. The van der Waals surface area contributed by atoms with Gasteiger partial charge in [-0.25, -0.2) is 8.78 Å². The number of rotatable bonds is 2. The Hall–Kier alpha value is -1.20. The molecule has 0 amide bonds. The van der Waals surface area contributed by atoms with Crippen LogP contribution >= 0.6 is 15.9 Å². The summed E-state index contributed by atoms with van der Waals surface area (Å²) in [7, 11) is 0. The van der Waals surface area contributed by atoms with Crippen molar-refractivity contribution in [3.63, 3.8) is 0 Å².